The first-order valence-electron chi connectivity index (χ1n) is 5.31. The number of hydrogen-bond donors (Lipinski definition) is 2. The van der Waals surface area contributed by atoms with Gasteiger partial charge in [0.15, 0.2) is 0 Å². The molecule has 0 radical (unpaired) electrons. The first kappa shape index (κ1) is 13.0. The number of amides is 1. The highest BCUT2D eigenvalue weighted by Gasteiger charge is 2.02. The Morgan fingerprint density at radius 3 is 2.94 bits per heavy atom. The van der Waals surface area contributed by atoms with E-state index in [-0.39, 0.29) is 11.5 Å². The van der Waals surface area contributed by atoms with Gasteiger partial charge in [-0.1, -0.05) is 0 Å². The number of nitriles is 1. The van der Waals surface area contributed by atoms with Crippen LogP contribution in [-0.2, 0) is 4.79 Å². The molecule has 0 spiro atoms. The van der Waals surface area contributed by atoms with Crippen molar-refractivity contribution in [3.63, 3.8) is 0 Å². The molecule has 4 nitrogen and oxygen atoms in total. The number of nitrogens with zero attached hydrogens (tertiary/aromatic N) is 1. The molecule has 0 fully saturated rings. The van der Waals surface area contributed by atoms with Crippen LogP contribution in [0.15, 0.2) is 18.2 Å². The van der Waals surface area contributed by atoms with Gasteiger partial charge in [-0.3, -0.25) is 4.79 Å². The smallest absolute Gasteiger partial charge is 0.219 e. The van der Waals surface area contributed by atoms with E-state index >= 15 is 0 Å². The van der Waals surface area contributed by atoms with Gasteiger partial charge in [0.05, 0.1) is 5.56 Å². The fraction of sp³-hybridized carbons (Fsp3) is 0.333. The second-order valence-corrected chi connectivity index (χ2v) is 3.51. The summed E-state index contributed by atoms with van der Waals surface area (Å²) in [4.78, 5) is 10.9. The predicted molar refractivity (Wildman–Crippen MR) is 62.9 cm³/mol. The minimum absolute atomic E-state index is 0.0105. The molecule has 0 unspecified atom stereocenters. The number of nitrogens with one attached hydrogen (secondary N) is 2. The first-order chi connectivity index (χ1) is 8.17. The van der Waals surface area contributed by atoms with Crippen LogP contribution in [0.4, 0.5) is 10.1 Å². The van der Waals surface area contributed by atoms with Gasteiger partial charge in [-0.25, -0.2) is 4.39 Å². The molecule has 0 aliphatic rings. The molecule has 2 N–H and O–H groups in total. The fourth-order valence-corrected chi connectivity index (χ4v) is 1.33. The van der Waals surface area contributed by atoms with Crippen LogP contribution >= 0.6 is 0 Å². The zero-order valence-electron chi connectivity index (χ0n) is 9.59. The monoisotopic (exact) mass is 235 g/mol. The van der Waals surface area contributed by atoms with Crippen LogP contribution in [0.1, 0.15) is 18.4 Å². The zero-order chi connectivity index (χ0) is 12.7. The maximum Gasteiger partial charge on any atom is 0.219 e. The van der Waals surface area contributed by atoms with Crippen molar-refractivity contribution in [1.82, 2.24) is 5.32 Å². The zero-order valence-corrected chi connectivity index (χ0v) is 9.59. The third kappa shape index (κ3) is 4.11. The molecule has 0 heterocycles. The van der Waals surface area contributed by atoms with Gasteiger partial charge in [0.1, 0.15) is 11.9 Å². The topological polar surface area (TPSA) is 64.9 Å². The van der Waals surface area contributed by atoms with Crippen molar-refractivity contribution >= 4 is 11.6 Å². The Morgan fingerprint density at radius 1 is 1.53 bits per heavy atom. The van der Waals surface area contributed by atoms with E-state index in [9.17, 15) is 9.18 Å². The minimum Gasteiger partial charge on any atom is -0.385 e. The molecule has 17 heavy (non-hydrogen) atoms. The second-order valence-electron chi connectivity index (χ2n) is 3.51. The van der Waals surface area contributed by atoms with Gasteiger partial charge in [0.2, 0.25) is 5.91 Å². The largest absolute Gasteiger partial charge is 0.385 e. The maximum atomic E-state index is 13.0. The summed E-state index contributed by atoms with van der Waals surface area (Å²) < 4.78 is 13.0. The molecule has 0 bridgehead atoms. The van der Waals surface area contributed by atoms with Crippen molar-refractivity contribution in [2.24, 2.45) is 0 Å². The van der Waals surface area contributed by atoms with Crippen molar-refractivity contribution in [3.05, 3.63) is 29.6 Å². The minimum atomic E-state index is -0.525. The number of rotatable bonds is 5. The van der Waals surface area contributed by atoms with Gasteiger partial charge in [0.25, 0.3) is 0 Å². The Hall–Kier alpha value is -2.09. The van der Waals surface area contributed by atoms with Crippen molar-refractivity contribution in [3.8, 4) is 6.07 Å². The van der Waals surface area contributed by atoms with E-state index in [0.717, 1.165) is 0 Å². The van der Waals surface area contributed by atoms with Crippen LogP contribution in [0.5, 0.6) is 0 Å². The second kappa shape index (κ2) is 6.48. The molecule has 0 aliphatic carbocycles. The van der Waals surface area contributed by atoms with Crippen LogP contribution in [-0.4, -0.2) is 19.5 Å². The Kier molecular flexibility index (Phi) is 4.95. The number of carbonyl (C=O) groups is 1. The number of benzene rings is 1. The van der Waals surface area contributed by atoms with E-state index in [4.69, 9.17) is 5.26 Å². The number of carbonyl (C=O) groups excluding carboxylic acids is 1. The average Bonchev–Trinajstić information content (AvgIpc) is 2.36. The molecule has 0 aromatic heterocycles. The van der Waals surface area contributed by atoms with Crippen molar-refractivity contribution in [1.29, 1.82) is 5.26 Å². The Balaban J connectivity index is 2.42. The molecule has 1 amide bonds. The maximum absolute atomic E-state index is 13.0. The highest BCUT2D eigenvalue weighted by atomic mass is 19.1. The Bertz CT molecular complexity index is 440. The van der Waals surface area contributed by atoms with Gasteiger partial charge >= 0.3 is 0 Å². The highest BCUT2D eigenvalue weighted by Crippen LogP contribution is 2.13. The molecule has 1 aromatic rings. The number of anilines is 1. The van der Waals surface area contributed by atoms with E-state index in [1.54, 1.807) is 19.2 Å². The summed E-state index contributed by atoms with van der Waals surface area (Å²) in [5.74, 6) is -0.535. The third-order valence-electron chi connectivity index (χ3n) is 2.28. The normalized spacial score (nSPS) is 9.47. The SMILES string of the molecule is CNC(=O)CCCNc1ccc(F)c(C#N)c1. The number of halogens is 1. The quantitative estimate of drug-likeness (QED) is 0.762. The van der Waals surface area contributed by atoms with E-state index in [2.05, 4.69) is 10.6 Å². The lowest BCUT2D eigenvalue weighted by Gasteiger charge is -2.06. The van der Waals surface area contributed by atoms with Gasteiger partial charge in [-0.05, 0) is 24.6 Å². The molecule has 1 aromatic carbocycles. The molecule has 90 valence electrons. The van der Waals surface area contributed by atoms with Crippen LogP contribution in [0.2, 0.25) is 0 Å². The van der Waals surface area contributed by atoms with Gasteiger partial charge in [-0.2, -0.15) is 5.26 Å². The summed E-state index contributed by atoms with van der Waals surface area (Å²) >= 11 is 0. The van der Waals surface area contributed by atoms with E-state index < -0.39 is 5.82 Å². The molecule has 1 rings (SSSR count). The van der Waals surface area contributed by atoms with E-state index in [1.807, 2.05) is 0 Å². The Morgan fingerprint density at radius 2 is 2.29 bits per heavy atom. The van der Waals surface area contributed by atoms with E-state index in [1.165, 1.54) is 12.1 Å². The van der Waals surface area contributed by atoms with E-state index in [0.29, 0.717) is 25.1 Å². The summed E-state index contributed by atoms with van der Waals surface area (Å²) in [6.07, 6.45) is 1.12. The van der Waals surface area contributed by atoms with Crippen LogP contribution in [0, 0.1) is 17.1 Å². The molecule has 0 atom stereocenters. The molecule has 0 saturated carbocycles. The molecule has 0 aliphatic heterocycles. The van der Waals surface area contributed by atoms with Gasteiger partial charge in [0, 0.05) is 25.7 Å². The van der Waals surface area contributed by atoms with Crippen LogP contribution in [0.25, 0.3) is 0 Å². The summed E-state index contributed by atoms with van der Waals surface area (Å²) in [5.41, 5.74) is 0.696. The average molecular weight is 235 g/mol. The summed E-state index contributed by atoms with van der Waals surface area (Å²) in [6, 6.07) is 6.04. The lowest BCUT2D eigenvalue weighted by atomic mass is 10.2. The first-order valence-corrected chi connectivity index (χ1v) is 5.31. The summed E-state index contributed by atoms with van der Waals surface area (Å²) in [7, 11) is 1.59. The standard InChI is InChI=1S/C12H14FN3O/c1-15-12(17)3-2-6-16-10-4-5-11(13)9(7-10)8-14/h4-5,7,16H,2-3,6H2,1H3,(H,15,17). The van der Waals surface area contributed by atoms with Crippen LogP contribution < -0.4 is 10.6 Å². The van der Waals surface area contributed by atoms with Gasteiger partial charge < -0.3 is 10.6 Å². The third-order valence-corrected chi connectivity index (χ3v) is 2.28. The molecular weight excluding hydrogens is 221 g/mol. The Labute approximate surface area is 99.4 Å². The summed E-state index contributed by atoms with van der Waals surface area (Å²) in [5, 5.41) is 14.2. The lowest BCUT2D eigenvalue weighted by Crippen LogP contribution is -2.18. The van der Waals surface area contributed by atoms with Crippen molar-refractivity contribution < 1.29 is 9.18 Å². The fourth-order valence-electron chi connectivity index (χ4n) is 1.33. The van der Waals surface area contributed by atoms with Gasteiger partial charge in [-0.15, -0.1) is 0 Å². The van der Waals surface area contributed by atoms with Crippen molar-refractivity contribution in [2.45, 2.75) is 12.8 Å². The molecule has 5 heteroatoms. The summed E-state index contributed by atoms with van der Waals surface area (Å²) in [6.45, 7) is 0.601. The lowest BCUT2D eigenvalue weighted by molar-refractivity contribution is -0.120. The predicted octanol–water partition coefficient (Wildman–Crippen LogP) is 1.64. The molecular formula is C12H14FN3O. The molecule has 0 saturated heterocycles. The highest BCUT2D eigenvalue weighted by molar-refractivity contribution is 5.75. The van der Waals surface area contributed by atoms with Crippen molar-refractivity contribution in [2.75, 3.05) is 18.9 Å². The number of hydrogen-bond acceptors (Lipinski definition) is 3. The van der Waals surface area contributed by atoms with Crippen LogP contribution in [0.3, 0.4) is 0 Å².